The average Bonchev–Trinajstić information content (AvgIpc) is 3.14. The summed E-state index contributed by atoms with van der Waals surface area (Å²) in [5, 5.41) is 3.13. The van der Waals surface area contributed by atoms with Gasteiger partial charge >= 0.3 is 5.97 Å². The third-order valence-electron chi connectivity index (χ3n) is 5.57. The van der Waals surface area contributed by atoms with Gasteiger partial charge in [0.2, 0.25) is 5.78 Å². The van der Waals surface area contributed by atoms with Crippen LogP contribution in [0.2, 0.25) is 5.02 Å². The van der Waals surface area contributed by atoms with Crippen LogP contribution in [0, 0.1) is 0 Å². The molecule has 0 saturated carbocycles. The van der Waals surface area contributed by atoms with E-state index in [2.05, 4.69) is 21.2 Å². The standard InChI is InChI=1S/C28H22BrClN2O5/c1-17-26(28(35)36-2)27(34)24(32(17)20-11-9-19(29)10-12-20)15-18-7-13-21(14-8-18)37-16-25(33)31-23-6-4-3-5-22(23)30/h3-15H,16H2,1-2H3,(H,31,33)/b24-15-. The van der Waals surface area contributed by atoms with Gasteiger partial charge in [-0.25, -0.2) is 4.79 Å². The molecule has 1 amide bonds. The minimum atomic E-state index is -0.688. The van der Waals surface area contributed by atoms with E-state index in [1.54, 1.807) is 66.4 Å². The highest BCUT2D eigenvalue weighted by molar-refractivity contribution is 9.10. The summed E-state index contributed by atoms with van der Waals surface area (Å²) in [6, 6.07) is 21.2. The average molecular weight is 582 g/mol. The lowest BCUT2D eigenvalue weighted by Crippen LogP contribution is -2.20. The summed E-state index contributed by atoms with van der Waals surface area (Å²) in [6.07, 6.45) is 1.69. The molecule has 37 heavy (non-hydrogen) atoms. The Morgan fingerprint density at radius 3 is 2.35 bits per heavy atom. The summed E-state index contributed by atoms with van der Waals surface area (Å²) in [6.45, 7) is 1.50. The number of halogens is 2. The number of nitrogens with zero attached hydrogens (tertiary/aromatic N) is 1. The van der Waals surface area contributed by atoms with Gasteiger partial charge in [-0.3, -0.25) is 9.59 Å². The van der Waals surface area contributed by atoms with Gasteiger partial charge < -0.3 is 19.7 Å². The highest BCUT2D eigenvalue weighted by Crippen LogP contribution is 2.36. The fourth-order valence-electron chi connectivity index (χ4n) is 3.80. The van der Waals surface area contributed by atoms with Crippen LogP contribution < -0.4 is 15.0 Å². The van der Waals surface area contributed by atoms with Gasteiger partial charge in [0.1, 0.15) is 11.3 Å². The lowest BCUT2D eigenvalue weighted by Gasteiger charge is -2.21. The molecule has 188 valence electrons. The molecule has 0 radical (unpaired) electrons. The van der Waals surface area contributed by atoms with E-state index < -0.39 is 11.8 Å². The zero-order valence-electron chi connectivity index (χ0n) is 20.0. The van der Waals surface area contributed by atoms with Crippen molar-refractivity contribution in [3.05, 3.63) is 105 Å². The van der Waals surface area contributed by atoms with E-state index in [4.69, 9.17) is 21.1 Å². The van der Waals surface area contributed by atoms with E-state index in [0.29, 0.717) is 33.4 Å². The van der Waals surface area contributed by atoms with Crippen molar-refractivity contribution in [2.24, 2.45) is 0 Å². The van der Waals surface area contributed by atoms with Gasteiger partial charge in [-0.05, 0) is 67.1 Å². The second kappa shape index (κ2) is 11.5. The number of allylic oxidation sites excluding steroid dienone is 2. The number of rotatable bonds is 7. The number of amides is 1. The molecule has 4 rings (SSSR count). The largest absolute Gasteiger partial charge is 0.484 e. The zero-order chi connectivity index (χ0) is 26.5. The molecule has 3 aromatic rings. The summed E-state index contributed by atoms with van der Waals surface area (Å²) >= 11 is 9.48. The maximum absolute atomic E-state index is 13.2. The van der Waals surface area contributed by atoms with Crippen LogP contribution in [0.3, 0.4) is 0 Å². The first-order valence-corrected chi connectivity index (χ1v) is 12.3. The number of methoxy groups -OCH3 is 1. The molecular weight excluding hydrogens is 560 g/mol. The second-order valence-corrected chi connectivity index (χ2v) is 9.33. The van der Waals surface area contributed by atoms with E-state index in [1.807, 2.05) is 24.3 Å². The number of hydrogen-bond donors (Lipinski definition) is 1. The third-order valence-corrected chi connectivity index (χ3v) is 6.43. The monoisotopic (exact) mass is 580 g/mol. The number of carbonyl (C=O) groups excluding carboxylic acids is 3. The van der Waals surface area contributed by atoms with Crippen LogP contribution in [0.15, 0.2) is 94.2 Å². The number of carbonyl (C=O) groups is 3. The van der Waals surface area contributed by atoms with Gasteiger partial charge in [-0.15, -0.1) is 0 Å². The van der Waals surface area contributed by atoms with Gasteiger partial charge in [0.15, 0.2) is 6.61 Å². The Kier molecular flexibility index (Phi) is 8.11. The minimum Gasteiger partial charge on any atom is -0.484 e. The first kappa shape index (κ1) is 26.2. The van der Waals surface area contributed by atoms with Gasteiger partial charge in [-0.2, -0.15) is 0 Å². The van der Waals surface area contributed by atoms with E-state index in [1.165, 1.54) is 7.11 Å². The molecule has 0 bridgehead atoms. The smallest absolute Gasteiger partial charge is 0.343 e. The van der Waals surface area contributed by atoms with Crippen molar-refractivity contribution >= 4 is 62.6 Å². The summed E-state index contributed by atoms with van der Waals surface area (Å²) in [5.74, 6) is -0.989. The number of esters is 1. The van der Waals surface area contributed by atoms with E-state index >= 15 is 0 Å². The molecule has 1 aliphatic heterocycles. The number of para-hydroxylation sites is 1. The van der Waals surface area contributed by atoms with Crippen molar-refractivity contribution in [2.45, 2.75) is 6.92 Å². The van der Waals surface area contributed by atoms with Crippen LogP contribution >= 0.6 is 27.5 Å². The zero-order valence-corrected chi connectivity index (χ0v) is 22.3. The lowest BCUT2D eigenvalue weighted by atomic mass is 10.1. The summed E-state index contributed by atoms with van der Waals surface area (Å²) < 4.78 is 11.3. The summed E-state index contributed by atoms with van der Waals surface area (Å²) in [4.78, 5) is 39.5. The SMILES string of the molecule is COC(=O)C1=C(C)N(c2ccc(Br)cc2)/C(=C\c2ccc(OCC(=O)Nc3ccccc3Cl)cc2)C1=O. The predicted molar refractivity (Wildman–Crippen MR) is 146 cm³/mol. The molecule has 0 aromatic heterocycles. The number of benzene rings is 3. The van der Waals surface area contributed by atoms with Crippen LogP contribution in [0.4, 0.5) is 11.4 Å². The number of ketones is 1. The molecule has 1 heterocycles. The van der Waals surface area contributed by atoms with E-state index in [-0.39, 0.29) is 18.1 Å². The Morgan fingerprint density at radius 1 is 1.03 bits per heavy atom. The van der Waals surface area contributed by atoms with E-state index in [9.17, 15) is 14.4 Å². The Bertz CT molecular complexity index is 1420. The number of nitrogens with one attached hydrogen (secondary N) is 1. The molecule has 0 aliphatic carbocycles. The van der Waals surface area contributed by atoms with Crippen molar-refractivity contribution in [3.63, 3.8) is 0 Å². The Hall–Kier alpha value is -3.88. The molecule has 3 aromatic carbocycles. The van der Waals surface area contributed by atoms with Crippen molar-refractivity contribution in [3.8, 4) is 5.75 Å². The van der Waals surface area contributed by atoms with Crippen molar-refractivity contribution in [1.82, 2.24) is 0 Å². The Labute approximate surface area is 227 Å². The normalized spacial score (nSPS) is 14.2. The first-order valence-electron chi connectivity index (χ1n) is 11.2. The van der Waals surface area contributed by atoms with Crippen LogP contribution in [0.5, 0.6) is 5.75 Å². The molecular formula is C28H22BrClN2O5. The molecule has 0 fully saturated rings. The van der Waals surface area contributed by atoms with Crippen molar-refractivity contribution < 1.29 is 23.9 Å². The van der Waals surface area contributed by atoms with Crippen LogP contribution in [0.1, 0.15) is 12.5 Å². The van der Waals surface area contributed by atoms with Gasteiger partial charge in [0.25, 0.3) is 5.91 Å². The van der Waals surface area contributed by atoms with Gasteiger partial charge in [-0.1, -0.05) is 51.8 Å². The molecule has 0 saturated heterocycles. The molecule has 7 nitrogen and oxygen atoms in total. The van der Waals surface area contributed by atoms with Crippen LogP contribution in [0.25, 0.3) is 6.08 Å². The van der Waals surface area contributed by atoms with Crippen LogP contribution in [-0.2, 0) is 19.1 Å². The minimum absolute atomic E-state index is 0.0128. The molecule has 0 unspecified atom stereocenters. The number of hydrogen-bond acceptors (Lipinski definition) is 6. The highest BCUT2D eigenvalue weighted by Gasteiger charge is 2.38. The molecule has 1 aliphatic rings. The quantitative estimate of drug-likeness (QED) is 0.209. The number of ether oxygens (including phenoxy) is 2. The van der Waals surface area contributed by atoms with Crippen molar-refractivity contribution in [1.29, 1.82) is 0 Å². The fourth-order valence-corrected chi connectivity index (χ4v) is 4.25. The van der Waals surface area contributed by atoms with E-state index in [0.717, 1.165) is 10.2 Å². The Balaban J connectivity index is 1.52. The third kappa shape index (κ3) is 5.93. The maximum atomic E-state index is 13.2. The molecule has 0 atom stereocenters. The highest BCUT2D eigenvalue weighted by atomic mass is 79.9. The molecule has 9 heteroatoms. The topological polar surface area (TPSA) is 84.9 Å². The molecule has 0 spiro atoms. The predicted octanol–water partition coefficient (Wildman–Crippen LogP) is 6.00. The second-order valence-electron chi connectivity index (χ2n) is 8.01. The summed E-state index contributed by atoms with van der Waals surface area (Å²) in [5.41, 5.74) is 2.72. The summed E-state index contributed by atoms with van der Waals surface area (Å²) in [7, 11) is 1.25. The first-order chi connectivity index (χ1) is 17.8. The number of Topliss-reactive ketones (excluding diaryl/α,β-unsaturated/α-hetero) is 1. The maximum Gasteiger partial charge on any atom is 0.343 e. The van der Waals surface area contributed by atoms with Gasteiger partial charge in [0.05, 0.1) is 23.5 Å². The fraction of sp³-hybridized carbons (Fsp3) is 0.107. The van der Waals surface area contributed by atoms with Gasteiger partial charge in [0, 0.05) is 15.9 Å². The molecule has 1 N–H and O–H groups in total. The number of anilines is 2. The van der Waals surface area contributed by atoms with Crippen LogP contribution in [-0.4, -0.2) is 31.4 Å². The Morgan fingerprint density at radius 2 is 1.70 bits per heavy atom. The lowest BCUT2D eigenvalue weighted by molar-refractivity contribution is -0.137. The van der Waals surface area contributed by atoms with Crippen molar-refractivity contribution in [2.75, 3.05) is 23.9 Å².